The molecule has 1 aromatic carbocycles. The van der Waals surface area contributed by atoms with Crippen LogP contribution in [0.5, 0.6) is 5.75 Å². The number of fused-ring (bicyclic) bond motifs is 6. The van der Waals surface area contributed by atoms with Crippen molar-refractivity contribution in [2.45, 2.75) is 88.1 Å². The summed E-state index contributed by atoms with van der Waals surface area (Å²) in [7, 11) is 0.0164. The first-order chi connectivity index (χ1) is 20.1. The number of rotatable bonds is 5. The van der Waals surface area contributed by atoms with Crippen molar-refractivity contribution in [2.24, 2.45) is 0 Å². The van der Waals surface area contributed by atoms with Crippen molar-refractivity contribution in [1.82, 2.24) is 13.8 Å². The molecule has 0 amide bonds. The number of sulfonamides is 1. The van der Waals surface area contributed by atoms with Crippen LogP contribution in [0.15, 0.2) is 52.6 Å². The number of aliphatic carboxylic acids is 1. The summed E-state index contributed by atoms with van der Waals surface area (Å²) in [6.45, 7) is 5.50. The molecule has 3 aliphatic carbocycles. The Balaban J connectivity index is 1.43. The van der Waals surface area contributed by atoms with Crippen LogP contribution in [-0.4, -0.2) is 77.8 Å². The van der Waals surface area contributed by atoms with Gasteiger partial charge in [-0.25, -0.2) is 13.2 Å². The molecule has 9 heteroatoms. The predicted molar refractivity (Wildman–Crippen MR) is 163 cm³/mol. The van der Waals surface area contributed by atoms with Crippen LogP contribution in [0.25, 0.3) is 10.9 Å². The number of carboxylic acid groups (broad SMARTS) is 1. The third-order valence-electron chi connectivity index (χ3n) is 10.7. The summed E-state index contributed by atoms with van der Waals surface area (Å²) in [5, 5.41) is 10.4. The molecule has 42 heavy (non-hydrogen) atoms. The highest BCUT2D eigenvalue weighted by atomic mass is 32.2. The Hall–Kier alpha value is -2.88. The van der Waals surface area contributed by atoms with Gasteiger partial charge in [-0.1, -0.05) is 37.5 Å². The minimum atomic E-state index is -3.72. The molecular weight excluding hydrogens is 550 g/mol. The molecule has 4 atom stereocenters. The molecule has 1 N–H and O–H groups in total. The van der Waals surface area contributed by atoms with Crippen LogP contribution >= 0.6 is 0 Å². The molecule has 2 aliphatic heterocycles. The number of hydrogen-bond acceptors (Lipinski definition) is 5. The van der Waals surface area contributed by atoms with Gasteiger partial charge in [0.25, 0.3) is 0 Å². The highest BCUT2D eigenvalue weighted by molar-refractivity contribution is 7.89. The minimum Gasteiger partial charge on any atom is -0.496 e. The fourth-order valence-corrected chi connectivity index (χ4v) is 10.5. The number of methoxy groups -OCH3 is 1. The quantitative estimate of drug-likeness (QED) is 0.516. The van der Waals surface area contributed by atoms with Crippen LogP contribution in [0.4, 0.5) is 0 Å². The van der Waals surface area contributed by atoms with Gasteiger partial charge in [-0.05, 0) is 80.5 Å². The van der Waals surface area contributed by atoms with Crippen molar-refractivity contribution in [3.8, 4) is 5.75 Å². The van der Waals surface area contributed by atoms with Gasteiger partial charge in [0.2, 0.25) is 10.0 Å². The fraction of sp³-hybridized carbons (Fsp3) is 0.545. The lowest BCUT2D eigenvalue weighted by molar-refractivity contribution is -0.132. The van der Waals surface area contributed by atoms with Crippen molar-refractivity contribution < 1.29 is 23.1 Å². The smallest absolute Gasteiger partial charge is 0.336 e. The molecule has 1 saturated heterocycles. The van der Waals surface area contributed by atoms with E-state index in [1.807, 2.05) is 12.2 Å². The number of ether oxygens (including phenoxy) is 1. The first-order valence-corrected chi connectivity index (χ1v) is 16.9. The van der Waals surface area contributed by atoms with Gasteiger partial charge in [0, 0.05) is 48.7 Å². The number of aromatic nitrogens is 1. The summed E-state index contributed by atoms with van der Waals surface area (Å²) in [5.74, 6) is -0.207. The number of carbonyl (C=O) groups is 1. The van der Waals surface area contributed by atoms with Crippen LogP contribution in [0.2, 0.25) is 0 Å². The van der Waals surface area contributed by atoms with E-state index < -0.39 is 27.2 Å². The van der Waals surface area contributed by atoms with Crippen molar-refractivity contribution in [3.63, 3.8) is 0 Å². The molecule has 8 nitrogen and oxygen atoms in total. The molecule has 3 heterocycles. The van der Waals surface area contributed by atoms with Crippen LogP contribution in [0.1, 0.15) is 75.5 Å². The van der Waals surface area contributed by atoms with Crippen LogP contribution in [-0.2, 0) is 21.4 Å². The zero-order valence-corrected chi connectivity index (χ0v) is 25.8. The minimum absolute atomic E-state index is 0.110. The van der Waals surface area contributed by atoms with Crippen molar-refractivity contribution in [1.29, 1.82) is 0 Å². The van der Waals surface area contributed by atoms with E-state index in [1.165, 1.54) is 24.8 Å². The monoisotopic (exact) mass is 591 g/mol. The summed E-state index contributed by atoms with van der Waals surface area (Å²) < 4.78 is 39.0. The van der Waals surface area contributed by atoms with Gasteiger partial charge in [0.05, 0.1) is 23.4 Å². The SMILES string of the molecule is COc1ccc(C2CCCCC2)c2c1cc1n2CC2=C(C(=O)O)C2=C2C=CC[C@@H](S(=O)(=O)N3C[C@@H](C)N(C)[C@@H](C)C3)C21. The van der Waals surface area contributed by atoms with Gasteiger partial charge in [-0.2, -0.15) is 4.31 Å². The Kier molecular flexibility index (Phi) is 6.71. The van der Waals surface area contributed by atoms with Gasteiger partial charge in [0.15, 0.2) is 0 Å². The maximum absolute atomic E-state index is 14.6. The van der Waals surface area contributed by atoms with Crippen molar-refractivity contribution >= 4 is 26.9 Å². The first kappa shape index (κ1) is 27.9. The second kappa shape index (κ2) is 10.1. The van der Waals surface area contributed by atoms with Gasteiger partial charge in [-0.15, -0.1) is 0 Å². The second-order valence-electron chi connectivity index (χ2n) is 13.0. The van der Waals surface area contributed by atoms with E-state index in [9.17, 15) is 18.3 Å². The number of piperazine rings is 1. The molecule has 5 aliphatic rings. The Bertz CT molecular complexity index is 1660. The summed E-state index contributed by atoms with van der Waals surface area (Å²) in [6, 6.07) is 6.60. The molecule has 1 saturated carbocycles. The number of likely N-dealkylation sites (N-methyl/N-ethyl adjacent to an activating group) is 1. The molecule has 0 bridgehead atoms. The molecule has 2 fully saturated rings. The Morgan fingerprint density at radius 3 is 2.45 bits per heavy atom. The summed E-state index contributed by atoms with van der Waals surface area (Å²) in [5.41, 5.74) is 6.06. The summed E-state index contributed by atoms with van der Waals surface area (Å²) in [6.07, 6.45) is 10.2. The van der Waals surface area contributed by atoms with Crippen LogP contribution in [0, 0.1) is 0 Å². The van der Waals surface area contributed by atoms with Gasteiger partial charge >= 0.3 is 5.97 Å². The van der Waals surface area contributed by atoms with E-state index in [0.717, 1.165) is 51.9 Å². The molecular formula is C33H41N3O5S. The molecule has 224 valence electrons. The average molecular weight is 592 g/mol. The van der Waals surface area contributed by atoms with Crippen molar-refractivity contribution in [3.05, 3.63) is 63.9 Å². The number of nitrogens with zero attached hydrogens (tertiary/aromatic N) is 3. The Morgan fingerprint density at radius 1 is 1.07 bits per heavy atom. The van der Waals surface area contributed by atoms with E-state index in [2.05, 4.69) is 48.6 Å². The molecule has 0 spiro atoms. The molecule has 1 unspecified atom stereocenters. The van der Waals surface area contributed by atoms with Gasteiger partial charge < -0.3 is 14.4 Å². The second-order valence-corrected chi connectivity index (χ2v) is 15.1. The zero-order valence-electron chi connectivity index (χ0n) is 25.0. The zero-order chi connectivity index (χ0) is 29.5. The van der Waals surface area contributed by atoms with E-state index >= 15 is 0 Å². The third-order valence-corrected chi connectivity index (χ3v) is 13.0. The highest BCUT2D eigenvalue weighted by Crippen LogP contribution is 2.55. The number of allylic oxidation sites excluding steroid dienone is 4. The average Bonchev–Trinajstić information content (AvgIpc) is 3.62. The largest absolute Gasteiger partial charge is 0.496 e. The van der Waals surface area contributed by atoms with Crippen LogP contribution in [0.3, 0.4) is 0 Å². The van der Waals surface area contributed by atoms with E-state index in [0.29, 0.717) is 37.5 Å². The highest BCUT2D eigenvalue weighted by Gasteiger charge is 2.50. The lowest BCUT2D eigenvalue weighted by Crippen LogP contribution is -2.58. The summed E-state index contributed by atoms with van der Waals surface area (Å²) in [4.78, 5) is 14.6. The standard InChI is InChI=1S/C33H41N3O5S/c1-19-16-35(17-20(2)34(19)3)42(39,40)28-12-8-11-23-29-25(31(29)33(37)38)18-36-26(30(23)28)15-24-27(41-4)14-13-22(32(24)36)21-9-6-5-7-10-21/h8,11,13-15,19-21,28,30H,5-7,9-10,12,16-18H2,1-4H3,(H,37,38)/t19-,20+,28-,30?/m1/s1. The molecule has 2 aromatic rings. The summed E-state index contributed by atoms with van der Waals surface area (Å²) >= 11 is 0. The first-order valence-electron chi connectivity index (χ1n) is 15.4. The Morgan fingerprint density at radius 2 is 1.79 bits per heavy atom. The lowest BCUT2D eigenvalue weighted by Gasteiger charge is -2.44. The number of hydrogen-bond donors (Lipinski definition) is 1. The predicted octanol–water partition coefficient (Wildman–Crippen LogP) is 5.17. The van der Waals surface area contributed by atoms with Gasteiger partial charge in [-0.3, -0.25) is 4.90 Å². The maximum atomic E-state index is 14.6. The third kappa shape index (κ3) is 4.14. The van der Waals surface area contributed by atoms with Crippen LogP contribution < -0.4 is 4.74 Å². The molecule has 7 rings (SSSR count). The fourth-order valence-electron chi connectivity index (χ4n) is 8.25. The molecule has 1 aromatic heterocycles. The van der Waals surface area contributed by atoms with E-state index in [4.69, 9.17) is 4.74 Å². The molecule has 0 radical (unpaired) electrons. The van der Waals surface area contributed by atoms with Crippen molar-refractivity contribution in [2.75, 3.05) is 27.2 Å². The van der Waals surface area contributed by atoms with E-state index in [-0.39, 0.29) is 12.1 Å². The number of carboxylic acids is 1. The maximum Gasteiger partial charge on any atom is 0.336 e. The van der Waals surface area contributed by atoms with Gasteiger partial charge in [0.1, 0.15) is 5.75 Å². The van der Waals surface area contributed by atoms with E-state index in [1.54, 1.807) is 11.4 Å². The number of benzene rings is 1. The Labute approximate surface area is 248 Å². The topological polar surface area (TPSA) is 92.1 Å². The normalized spacial score (nSPS) is 28.9. The lowest BCUT2D eigenvalue weighted by atomic mass is 9.83.